The summed E-state index contributed by atoms with van der Waals surface area (Å²) in [6.07, 6.45) is 1.60. The summed E-state index contributed by atoms with van der Waals surface area (Å²) in [5, 5.41) is 12.9. The minimum Gasteiger partial charge on any atom is -0.496 e. The Hall–Kier alpha value is -1.84. The van der Waals surface area contributed by atoms with Crippen LogP contribution in [0, 0.1) is 0 Å². The maximum absolute atomic E-state index is 9.32. The van der Waals surface area contributed by atoms with E-state index in [9.17, 15) is 5.11 Å². The summed E-state index contributed by atoms with van der Waals surface area (Å²) in [7, 11) is 1.70. The van der Waals surface area contributed by atoms with Crippen molar-refractivity contribution in [1.29, 1.82) is 0 Å². The van der Waals surface area contributed by atoms with Gasteiger partial charge in [0.15, 0.2) is 0 Å². The Balaban J connectivity index is 2.03. The first-order chi connectivity index (χ1) is 10.7. The lowest BCUT2D eigenvalue weighted by Crippen LogP contribution is -2.32. The van der Waals surface area contributed by atoms with Crippen LogP contribution >= 0.6 is 0 Å². The quantitative estimate of drug-likeness (QED) is 0.785. The molecule has 2 rings (SSSR count). The fraction of sp³-hybridized carbons (Fsp3) is 0.368. The van der Waals surface area contributed by atoms with Gasteiger partial charge in [0.2, 0.25) is 0 Å². The summed E-state index contributed by atoms with van der Waals surface area (Å²) in [6, 6.07) is 18.8. The van der Waals surface area contributed by atoms with E-state index in [4.69, 9.17) is 4.74 Å². The first-order valence-corrected chi connectivity index (χ1v) is 7.78. The molecule has 2 atom stereocenters. The molecule has 0 amide bonds. The van der Waals surface area contributed by atoms with Gasteiger partial charge in [0, 0.05) is 18.7 Å². The van der Waals surface area contributed by atoms with Gasteiger partial charge in [-0.3, -0.25) is 0 Å². The molecule has 0 radical (unpaired) electrons. The molecule has 0 aromatic heterocycles. The van der Waals surface area contributed by atoms with Crippen LogP contribution in [0.2, 0.25) is 0 Å². The zero-order valence-electron chi connectivity index (χ0n) is 13.3. The summed E-state index contributed by atoms with van der Waals surface area (Å²) in [4.78, 5) is 0. The van der Waals surface area contributed by atoms with Gasteiger partial charge in [-0.25, -0.2) is 0 Å². The Labute approximate surface area is 133 Å². The summed E-state index contributed by atoms with van der Waals surface area (Å²) >= 11 is 0. The molecule has 2 N–H and O–H groups in total. The SMILES string of the molecule is COc1ccccc1CC(C)N[C@H](CCO)c1ccccc1. The number of benzene rings is 2. The summed E-state index contributed by atoms with van der Waals surface area (Å²) in [5.74, 6) is 0.926. The van der Waals surface area contributed by atoms with Crippen LogP contribution in [0.25, 0.3) is 0 Å². The van der Waals surface area contributed by atoms with E-state index < -0.39 is 0 Å². The minimum absolute atomic E-state index is 0.163. The van der Waals surface area contributed by atoms with E-state index in [0.29, 0.717) is 6.42 Å². The number of nitrogens with one attached hydrogen (secondary N) is 1. The van der Waals surface area contributed by atoms with Crippen molar-refractivity contribution in [3.8, 4) is 5.75 Å². The van der Waals surface area contributed by atoms with Crippen LogP contribution < -0.4 is 10.1 Å². The molecule has 0 saturated heterocycles. The lowest BCUT2D eigenvalue weighted by atomic mass is 10.0. The molecular weight excluding hydrogens is 274 g/mol. The smallest absolute Gasteiger partial charge is 0.122 e. The predicted octanol–water partition coefficient (Wildman–Crippen LogP) is 3.34. The molecular formula is C19H25NO2. The average molecular weight is 299 g/mol. The van der Waals surface area contributed by atoms with E-state index in [0.717, 1.165) is 12.2 Å². The largest absolute Gasteiger partial charge is 0.496 e. The molecule has 3 heteroatoms. The van der Waals surface area contributed by atoms with Crippen molar-refractivity contribution in [3.05, 3.63) is 65.7 Å². The maximum Gasteiger partial charge on any atom is 0.122 e. The third kappa shape index (κ3) is 4.58. The Kier molecular flexibility index (Phi) is 6.44. The van der Waals surface area contributed by atoms with E-state index >= 15 is 0 Å². The van der Waals surface area contributed by atoms with Crippen molar-refractivity contribution in [3.63, 3.8) is 0 Å². The van der Waals surface area contributed by atoms with Gasteiger partial charge in [0.05, 0.1) is 7.11 Å². The van der Waals surface area contributed by atoms with E-state index in [2.05, 4.69) is 30.4 Å². The van der Waals surface area contributed by atoms with E-state index in [1.807, 2.05) is 36.4 Å². The van der Waals surface area contributed by atoms with Crippen molar-refractivity contribution in [1.82, 2.24) is 5.32 Å². The number of aliphatic hydroxyl groups is 1. The predicted molar refractivity (Wildman–Crippen MR) is 90.2 cm³/mol. The Bertz CT molecular complexity index is 556. The highest BCUT2D eigenvalue weighted by molar-refractivity contribution is 5.33. The zero-order valence-corrected chi connectivity index (χ0v) is 13.3. The molecule has 0 aliphatic rings. The molecule has 0 fully saturated rings. The first-order valence-electron chi connectivity index (χ1n) is 7.78. The highest BCUT2D eigenvalue weighted by atomic mass is 16.5. The average Bonchev–Trinajstić information content (AvgIpc) is 2.56. The van der Waals surface area contributed by atoms with Crippen LogP contribution in [0.3, 0.4) is 0 Å². The van der Waals surface area contributed by atoms with Gasteiger partial charge in [0.25, 0.3) is 0 Å². The summed E-state index contributed by atoms with van der Waals surface area (Å²) < 4.78 is 5.42. The molecule has 1 unspecified atom stereocenters. The molecule has 22 heavy (non-hydrogen) atoms. The third-order valence-corrected chi connectivity index (χ3v) is 3.82. The second kappa shape index (κ2) is 8.57. The molecule has 3 nitrogen and oxygen atoms in total. The topological polar surface area (TPSA) is 41.5 Å². The van der Waals surface area contributed by atoms with Gasteiger partial charge in [-0.15, -0.1) is 0 Å². The van der Waals surface area contributed by atoms with Crippen molar-refractivity contribution in [2.75, 3.05) is 13.7 Å². The molecule has 2 aromatic carbocycles. The first kappa shape index (κ1) is 16.5. The van der Waals surface area contributed by atoms with E-state index in [-0.39, 0.29) is 18.7 Å². The summed E-state index contributed by atoms with van der Waals surface area (Å²) in [5.41, 5.74) is 2.41. The molecule has 118 valence electrons. The van der Waals surface area contributed by atoms with Crippen molar-refractivity contribution in [2.45, 2.75) is 31.8 Å². The molecule has 0 bridgehead atoms. The van der Waals surface area contributed by atoms with Crippen LogP contribution in [0.15, 0.2) is 54.6 Å². The number of methoxy groups -OCH3 is 1. The van der Waals surface area contributed by atoms with Gasteiger partial charge in [-0.2, -0.15) is 0 Å². The van der Waals surface area contributed by atoms with E-state index in [1.165, 1.54) is 11.1 Å². The molecule has 0 saturated carbocycles. The molecule has 0 spiro atoms. The second-order valence-electron chi connectivity index (χ2n) is 5.56. The monoisotopic (exact) mass is 299 g/mol. The van der Waals surface area contributed by atoms with Crippen molar-refractivity contribution in [2.24, 2.45) is 0 Å². The number of ether oxygens (including phenoxy) is 1. The standard InChI is InChI=1S/C19H25NO2/c1-15(14-17-10-6-7-11-19(17)22-2)20-18(12-13-21)16-8-4-3-5-9-16/h3-11,15,18,20-21H,12-14H2,1-2H3/t15?,18-/m1/s1. The highest BCUT2D eigenvalue weighted by Crippen LogP contribution is 2.21. The van der Waals surface area contributed by atoms with Gasteiger partial charge < -0.3 is 15.2 Å². The number of rotatable bonds is 8. The van der Waals surface area contributed by atoms with E-state index in [1.54, 1.807) is 7.11 Å². The lowest BCUT2D eigenvalue weighted by molar-refractivity contribution is 0.259. The highest BCUT2D eigenvalue weighted by Gasteiger charge is 2.15. The van der Waals surface area contributed by atoms with Crippen molar-refractivity contribution < 1.29 is 9.84 Å². The van der Waals surface area contributed by atoms with Gasteiger partial charge in [-0.05, 0) is 37.0 Å². The fourth-order valence-corrected chi connectivity index (χ4v) is 2.76. The van der Waals surface area contributed by atoms with Crippen LogP contribution in [-0.4, -0.2) is 24.9 Å². The van der Waals surface area contributed by atoms with Crippen molar-refractivity contribution >= 4 is 0 Å². The van der Waals surface area contributed by atoms with Gasteiger partial charge in [-0.1, -0.05) is 48.5 Å². The molecule has 0 aliphatic heterocycles. The Morgan fingerprint density at radius 3 is 2.41 bits per heavy atom. The Morgan fingerprint density at radius 1 is 1.05 bits per heavy atom. The second-order valence-corrected chi connectivity index (χ2v) is 5.56. The molecule has 0 heterocycles. The number of hydrogen-bond donors (Lipinski definition) is 2. The molecule has 2 aromatic rings. The van der Waals surface area contributed by atoms with Crippen LogP contribution in [0.5, 0.6) is 5.75 Å². The number of hydrogen-bond acceptors (Lipinski definition) is 3. The fourth-order valence-electron chi connectivity index (χ4n) is 2.76. The normalized spacial score (nSPS) is 13.6. The maximum atomic E-state index is 9.32. The van der Waals surface area contributed by atoms with Gasteiger partial charge >= 0.3 is 0 Å². The third-order valence-electron chi connectivity index (χ3n) is 3.82. The van der Waals surface area contributed by atoms with Gasteiger partial charge in [0.1, 0.15) is 5.75 Å². The zero-order chi connectivity index (χ0) is 15.8. The van der Waals surface area contributed by atoms with Crippen LogP contribution in [-0.2, 0) is 6.42 Å². The Morgan fingerprint density at radius 2 is 1.73 bits per heavy atom. The van der Waals surface area contributed by atoms with Crippen LogP contribution in [0.4, 0.5) is 0 Å². The lowest BCUT2D eigenvalue weighted by Gasteiger charge is -2.24. The number of aliphatic hydroxyl groups excluding tert-OH is 1. The molecule has 0 aliphatic carbocycles. The number of para-hydroxylation sites is 1. The van der Waals surface area contributed by atoms with Crippen LogP contribution in [0.1, 0.15) is 30.5 Å². The minimum atomic E-state index is 0.163. The summed E-state index contributed by atoms with van der Waals surface area (Å²) in [6.45, 7) is 2.34.